The fourth-order valence-corrected chi connectivity index (χ4v) is 2.66. The molecule has 1 fully saturated rings. The maximum atomic E-state index is 5.10. The summed E-state index contributed by atoms with van der Waals surface area (Å²) in [5.41, 5.74) is 1.30. The molecular formula is C12H15NO. The Hall–Kier alpha value is -1.02. The van der Waals surface area contributed by atoms with Crippen LogP contribution < -0.4 is 0 Å². The van der Waals surface area contributed by atoms with Gasteiger partial charge >= 0.3 is 0 Å². The molecule has 1 saturated heterocycles. The lowest BCUT2D eigenvalue weighted by molar-refractivity contribution is 0.199. The molecule has 2 heteroatoms. The number of rotatable bonds is 2. The Bertz CT molecular complexity index is 328. The van der Waals surface area contributed by atoms with Crippen molar-refractivity contribution in [2.75, 3.05) is 0 Å². The number of fused-ring (bicyclic) bond motifs is 2. The van der Waals surface area contributed by atoms with Crippen LogP contribution >= 0.6 is 0 Å². The summed E-state index contributed by atoms with van der Waals surface area (Å²) < 4.78 is 5.10. The van der Waals surface area contributed by atoms with Gasteiger partial charge in [-0.15, -0.1) is 0 Å². The summed E-state index contributed by atoms with van der Waals surface area (Å²) in [6.07, 6.45) is 12.2. The molecule has 14 heavy (non-hydrogen) atoms. The van der Waals surface area contributed by atoms with Crippen LogP contribution in [0.2, 0.25) is 0 Å². The predicted octanol–water partition coefficient (Wildman–Crippen LogP) is 2.57. The lowest BCUT2D eigenvalue weighted by atomic mass is 10.1. The molecule has 0 aromatic carbocycles. The molecule has 0 radical (unpaired) electrons. The molecule has 0 N–H and O–H groups in total. The molecule has 2 bridgehead atoms. The summed E-state index contributed by atoms with van der Waals surface area (Å²) in [7, 11) is 0. The number of hydrogen-bond donors (Lipinski definition) is 0. The van der Waals surface area contributed by atoms with Gasteiger partial charge in [0, 0.05) is 24.2 Å². The van der Waals surface area contributed by atoms with Crippen LogP contribution in [0.4, 0.5) is 0 Å². The SMILES string of the molecule is C1=CC2CCC(C1)N2Cc1ccoc1. The van der Waals surface area contributed by atoms with Gasteiger partial charge in [-0.2, -0.15) is 0 Å². The molecule has 2 aliphatic rings. The van der Waals surface area contributed by atoms with E-state index in [1.54, 1.807) is 6.26 Å². The summed E-state index contributed by atoms with van der Waals surface area (Å²) in [5.74, 6) is 0. The largest absolute Gasteiger partial charge is 0.472 e. The quantitative estimate of drug-likeness (QED) is 0.665. The van der Waals surface area contributed by atoms with E-state index in [-0.39, 0.29) is 0 Å². The molecule has 3 rings (SSSR count). The first-order chi connectivity index (χ1) is 6.93. The third-order valence-electron chi connectivity index (χ3n) is 3.40. The van der Waals surface area contributed by atoms with Crippen LogP contribution in [0.3, 0.4) is 0 Å². The van der Waals surface area contributed by atoms with Crippen LogP contribution in [0.1, 0.15) is 24.8 Å². The van der Waals surface area contributed by atoms with Crippen molar-refractivity contribution < 1.29 is 4.42 Å². The van der Waals surface area contributed by atoms with Crippen molar-refractivity contribution in [2.24, 2.45) is 0 Å². The highest BCUT2D eigenvalue weighted by molar-refractivity contribution is 5.12. The standard InChI is InChI=1S/C12H15NO/c1-2-11-4-5-12(3-1)13(11)8-10-6-7-14-9-10/h1-2,6-7,9,11-12H,3-5,8H2. The summed E-state index contributed by atoms with van der Waals surface area (Å²) in [6.45, 7) is 1.05. The van der Waals surface area contributed by atoms with Crippen molar-refractivity contribution in [1.29, 1.82) is 0 Å². The topological polar surface area (TPSA) is 16.4 Å². The second-order valence-electron chi connectivity index (χ2n) is 4.27. The first kappa shape index (κ1) is 8.30. The van der Waals surface area contributed by atoms with E-state index in [0.717, 1.165) is 12.6 Å². The minimum Gasteiger partial charge on any atom is -0.472 e. The summed E-state index contributed by atoms with van der Waals surface area (Å²) in [4.78, 5) is 2.60. The van der Waals surface area contributed by atoms with Gasteiger partial charge in [-0.05, 0) is 25.3 Å². The van der Waals surface area contributed by atoms with E-state index >= 15 is 0 Å². The lowest BCUT2D eigenvalue weighted by Gasteiger charge is -2.30. The van der Waals surface area contributed by atoms with E-state index in [2.05, 4.69) is 23.1 Å². The zero-order valence-corrected chi connectivity index (χ0v) is 8.23. The molecule has 74 valence electrons. The van der Waals surface area contributed by atoms with E-state index in [1.807, 2.05) is 6.26 Å². The Morgan fingerprint density at radius 2 is 2.43 bits per heavy atom. The summed E-state index contributed by atoms with van der Waals surface area (Å²) in [5, 5.41) is 0. The van der Waals surface area contributed by atoms with E-state index in [4.69, 9.17) is 4.42 Å². The van der Waals surface area contributed by atoms with E-state index in [9.17, 15) is 0 Å². The zero-order chi connectivity index (χ0) is 9.38. The molecule has 2 aliphatic heterocycles. The summed E-state index contributed by atoms with van der Waals surface area (Å²) >= 11 is 0. The van der Waals surface area contributed by atoms with Gasteiger partial charge in [-0.25, -0.2) is 0 Å². The molecule has 0 saturated carbocycles. The molecule has 1 aromatic rings. The lowest BCUT2D eigenvalue weighted by Crippen LogP contribution is -2.36. The second-order valence-corrected chi connectivity index (χ2v) is 4.27. The van der Waals surface area contributed by atoms with E-state index in [0.29, 0.717) is 6.04 Å². The monoisotopic (exact) mass is 189 g/mol. The van der Waals surface area contributed by atoms with Gasteiger partial charge in [0.2, 0.25) is 0 Å². The third kappa shape index (κ3) is 1.30. The highest BCUT2D eigenvalue weighted by atomic mass is 16.3. The maximum Gasteiger partial charge on any atom is 0.0947 e. The van der Waals surface area contributed by atoms with Gasteiger partial charge < -0.3 is 4.42 Å². The first-order valence-electron chi connectivity index (χ1n) is 5.37. The van der Waals surface area contributed by atoms with Crippen molar-refractivity contribution >= 4 is 0 Å². The third-order valence-corrected chi connectivity index (χ3v) is 3.40. The predicted molar refractivity (Wildman–Crippen MR) is 54.8 cm³/mol. The van der Waals surface area contributed by atoms with Gasteiger partial charge in [0.05, 0.1) is 12.5 Å². The Balaban J connectivity index is 1.77. The number of furan rings is 1. The van der Waals surface area contributed by atoms with Crippen LogP contribution in [-0.2, 0) is 6.54 Å². The number of nitrogens with zero attached hydrogens (tertiary/aromatic N) is 1. The van der Waals surface area contributed by atoms with Gasteiger partial charge in [0.25, 0.3) is 0 Å². The molecule has 0 amide bonds. The molecule has 3 heterocycles. The molecule has 1 aromatic heterocycles. The Morgan fingerprint density at radius 3 is 3.21 bits per heavy atom. The van der Waals surface area contributed by atoms with Gasteiger partial charge in [0.15, 0.2) is 0 Å². The fourth-order valence-electron chi connectivity index (χ4n) is 2.66. The number of hydrogen-bond acceptors (Lipinski definition) is 2. The second kappa shape index (κ2) is 3.28. The average molecular weight is 189 g/mol. The minimum absolute atomic E-state index is 0.684. The summed E-state index contributed by atoms with van der Waals surface area (Å²) in [6, 6.07) is 3.53. The van der Waals surface area contributed by atoms with Crippen molar-refractivity contribution in [3.63, 3.8) is 0 Å². The molecule has 2 nitrogen and oxygen atoms in total. The molecule has 0 spiro atoms. The van der Waals surface area contributed by atoms with E-state index in [1.165, 1.54) is 24.8 Å². The first-order valence-corrected chi connectivity index (χ1v) is 5.37. The Labute approximate surface area is 84.2 Å². The smallest absolute Gasteiger partial charge is 0.0947 e. The van der Waals surface area contributed by atoms with Gasteiger partial charge in [0.1, 0.15) is 0 Å². The van der Waals surface area contributed by atoms with Crippen molar-refractivity contribution in [3.05, 3.63) is 36.3 Å². The van der Waals surface area contributed by atoms with Crippen molar-refractivity contribution in [2.45, 2.75) is 37.9 Å². The average Bonchev–Trinajstić information content (AvgIpc) is 2.75. The highest BCUT2D eigenvalue weighted by Crippen LogP contribution is 2.32. The Morgan fingerprint density at radius 1 is 1.43 bits per heavy atom. The van der Waals surface area contributed by atoms with Crippen LogP contribution in [0.5, 0.6) is 0 Å². The van der Waals surface area contributed by atoms with Crippen molar-refractivity contribution in [1.82, 2.24) is 4.90 Å². The minimum atomic E-state index is 0.684. The van der Waals surface area contributed by atoms with Gasteiger partial charge in [-0.3, -0.25) is 4.90 Å². The van der Waals surface area contributed by atoms with E-state index < -0.39 is 0 Å². The normalized spacial score (nSPS) is 31.1. The van der Waals surface area contributed by atoms with Crippen LogP contribution in [0.25, 0.3) is 0 Å². The maximum absolute atomic E-state index is 5.10. The van der Waals surface area contributed by atoms with Crippen LogP contribution in [-0.4, -0.2) is 17.0 Å². The molecular weight excluding hydrogens is 174 g/mol. The fraction of sp³-hybridized carbons (Fsp3) is 0.500. The van der Waals surface area contributed by atoms with Crippen LogP contribution in [0.15, 0.2) is 35.2 Å². The molecule has 0 aliphatic carbocycles. The Kier molecular flexibility index (Phi) is 1.95. The van der Waals surface area contributed by atoms with Crippen LogP contribution in [0, 0.1) is 0 Å². The molecule has 2 unspecified atom stereocenters. The highest BCUT2D eigenvalue weighted by Gasteiger charge is 2.33. The zero-order valence-electron chi connectivity index (χ0n) is 8.23. The molecule has 2 atom stereocenters. The van der Waals surface area contributed by atoms with Crippen molar-refractivity contribution in [3.8, 4) is 0 Å². The van der Waals surface area contributed by atoms with Gasteiger partial charge in [-0.1, -0.05) is 12.2 Å².